The first-order chi connectivity index (χ1) is 8.72. The van der Waals surface area contributed by atoms with E-state index in [0.717, 1.165) is 0 Å². The van der Waals surface area contributed by atoms with Gasteiger partial charge in [0.1, 0.15) is 12.4 Å². The standard InChI is InChI=1S/C12H11ClN2O3/c13-9-3-1-2-4-10(9)18-7-11-8(5-6-17-11)12(16)15-14/h1-6H,7,14H2,(H,15,16). The van der Waals surface area contributed by atoms with Crippen molar-refractivity contribution in [3.63, 3.8) is 0 Å². The average Bonchev–Trinajstić information content (AvgIpc) is 2.85. The van der Waals surface area contributed by atoms with Crippen molar-refractivity contribution in [3.8, 4) is 5.75 Å². The van der Waals surface area contributed by atoms with Crippen LogP contribution in [0, 0.1) is 0 Å². The van der Waals surface area contributed by atoms with Crippen LogP contribution in [0.1, 0.15) is 16.1 Å². The number of furan rings is 1. The van der Waals surface area contributed by atoms with Crippen LogP contribution in [-0.2, 0) is 6.61 Å². The molecule has 1 amide bonds. The number of ether oxygens (including phenoxy) is 1. The molecule has 5 nitrogen and oxygen atoms in total. The highest BCUT2D eigenvalue weighted by atomic mass is 35.5. The molecule has 3 N–H and O–H groups in total. The maximum absolute atomic E-state index is 11.4. The summed E-state index contributed by atoms with van der Waals surface area (Å²) in [7, 11) is 0. The molecule has 2 rings (SSSR count). The van der Waals surface area contributed by atoms with Crippen molar-refractivity contribution in [1.82, 2.24) is 5.43 Å². The van der Waals surface area contributed by atoms with E-state index in [1.165, 1.54) is 12.3 Å². The van der Waals surface area contributed by atoms with Gasteiger partial charge in [0.2, 0.25) is 0 Å². The fraction of sp³-hybridized carbons (Fsp3) is 0.0833. The fourth-order valence-electron chi connectivity index (χ4n) is 1.44. The van der Waals surface area contributed by atoms with Crippen molar-refractivity contribution in [2.75, 3.05) is 0 Å². The van der Waals surface area contributed by atoms with Crippen molar-refractivity contribution in [2.45, 2.75) is 6.61 Å². The maximum Gasteiger partial charge on any atom is 0.268 e. The van der Waals surface area contributed by atoms with E-state index in [0.29, 0.717) is 22.1 Å². The molecule has 0 atom stereocenters. The van der Waals surface area contributed by atoms with Gasteiger partial charge in [-0.25, -0.2) is 5.84 Å². The summed E-state index contributed by atoms with van der Waals surface area (Å²) in [6.45, 7) is 0.0967. The third kappa shape index (κ3) is 2.64. The van der Waals surface area contributed by atoms with Gasteiger partial charge >= 0.3 is 0 Å². The van der Waals surface area contributed by atoms with Gasteiger partial charge in [0.05, 0.1) is 16.8 Å². The lowest BCUT2D eigenvalue weighted by Crippen LogP contribution is -2.30. The van der Waals surface area contributed by atoms with E-state index in [-0.39, 0.29) is 6.61 Å². The highest BCUT2D eigenvalue weighted by molar-refractivity contribution is 6.32. The first-order valence-corrected chi connectivity index (χ1v) is 5.55. The first-order valence-electron chi connectivity index (χ1n) is 5.17. The molecular formula is C12H11ClN2O3. The van der Waals surface area contributed by atoms with Crippen molar-refractivity contribution in [1.29, 1.82) is 0 Å². The number of hydrogen-bond donors (Lipinski definition) is 2. The number of carbonyl (C=O) groups is 1. The Bertz CT molecular complexity index is 554. The lowest BCUT2D eigenvalue weighted by Gasteiger charge is -2.07. The predicted molar refractivity (Wildman–Crippen MR) is 66.1 cm³/mol. The molecule has 0 aliphatic heterocycles. The third-order valence-electron chi connectivity index (χ3n) is 2.32. The highest BCUT2D eigenvalue weighted by Crippen LogP contribution is 2.24. The molecule has 94 valence electrons. The largest absolute Gasteiger partial charge is 0.484 e. The average molecular weight is 267 g/mol. The minimum absolute atomic E-state index is 0.0967. The third-order valence-corrected chi connectivity index (χ3v) is 2.63. The number of carbonyl (C=O) groups excluding carboxylic acids is 1. The Balaban J connectivity index is 2.09. The Labute approximate surface area is 108 Å². The molecule has 1 aromatic heterocycles. The minimum atomic E-state index is -0.429. The van der Waals surface area contributed by atoms with Crippen molar-refractivity contribution < 1.29 is 13.9 Å². The second-order valence-electron chi connectivity index (χ2n) is 3.45. The van der Waals surface area contributed by atoms with E-state index in [9.17, 15) is 4.79 Å². The van der Waals surface area contributed by atoms with E-state index in [1.807, 2.05) is 5.43 Å². The number of nitrogen functional groups attached to an aromatic ring is 1. The Morgan fingerprint density at radius 2 is 2.17 bits per heavy atom. The molecule has 2 aromatic rings. The van der Waals surface area contributed by atoms with Crippen LogP contribution in [0.3, 0.4) is 0 Å². The zero-order valence-corrected chi connectivity index (χ0v) is 10.1. The van der Waals surface area contributed by atoms with Gasteiger partial charge in [-0.05, 0) is 18.2 Å². The lowest BCUT2D eigenvalue weighted by molar-refractivity contribution is 0.0949. The van der Waals surface area contributed by atoms with Gasteiger partial charge in [-0.2, -0.15) is 0 Å². The van der Waals surface area contributed by atoms with Crippen LogP contribution in [0.2, 0.25) is 5.02 Å². The molecule has 0 radical (unpaired) electrons. The Morgan fingerprint density at radius 1 is 1.39 bits per heavy atom. The number of amides is 1. The molecule has 0 bridgehead atoms. The normalized spacial score (nSPS) is 10.1. The van der Waals surface area contributed by atoms with Gasteiger partial charge < -0.3 is 9.15 Å². The number of hydrogen-bond acceptors (Lipinski definition) is 4. The molecule has 0 saturated heterocycles. The molecule has 1 heterocycles. The van der Waals surface area contributed by atoms with Gasteiger partial charge in [-0.15, -0.1) is 0 Å². The molecule has 0 unspecified atom stereocenters. The zero-order chi connectivity index (χ0) is 13.0. The Kier molecular flexibility index (Phi) is 3.86. The van der Waals surface area contributed by atoms with Crippen molar-refractivity contribution in [2.24, 2.45) is 5.84 Å². The molecule has 0 spiro atoms. The van der Waals surface area contributed by atoms with Crippen LogP contribution in [-0.4, -0.2) is 5.91 Å². The molecular weight excluding hydrogens is 256 g/mol. The number of para-hydroxylation sites is 1. The topological polar surface area (TPSA) is 77.5 Å². The summed E-state index contributed by atoms with van der Waals surface area (Å²) in [6, 6.07) is 8.57. The first kappa shape index (κ1) is 12.5. The van der Waals surface area contributed by atoms with E-state index >= 15 is 0 Å². The molecule has 1 aromatic carbocycles. The monoisotopic (exact) mass is 266 g/mol. The Hall–Kier alpha value is -1.98. The van der Waals surface area contributed by atoms with Gasteiger partial charge in [0, 0.05) is 0 Å². The quantitative estimate of drug-likeness (QED) is 0.505. The predicted octanol–water partition coefficient (Wildman–Crippen LogP) is 2.12. The van der Waals surface area contributed by atoms with E-state index in [1.54, 1.807) is 24.3 Å². The van der Waals surface area contributed by atoms with Gasteiger partial charge in [0.25, 0.3) is 5.91 Å². The fourth-order valence-corrected chi connectivity index (χ4v) is 1.63. The zero-order valence-electron chi connectivity index (χ0n) is 9.35. The van der Waals surface area contributed by atoms with Crippen LogP contribution in [0.4, 0.5) is 0 Å². The summed E-state index contributed by atoms with van der Waals surface area (Å²) in [5.41, 5.74) is 2.37. The van der Waals surface area contributed by atoms with Crippen molar-refractivity contribution >= 4 is 17.5 Å². The summed E-state index contributed by atoms with van der Waals surface area (Å²) >= 11 is 5.94. The molecule has 6 heteroatoms. The van der Waals surface area contributed by atoms with Crippen LogP contribution >= 0.6 is 11.6 Å². The Morgan fingerprint density at radius 3 is 2.89 bits per heavy atom. The van der Waals surface area contributed by atoms with Gasteiger partial charge in [0.15, 0.2) is 5.76 Å². The summed E-state index contributed by atoms with van der Waals surface area (Å²) in [6.07, 6.45) is 1.40. The van der Waals surface area contributed by atoms with Crippen LogP contribution < -0.4 is 16.0 Å². The van der Waals surface area contributed by atoms with Crippen molar-refractivity contribution in [3.05, 3.63) is 52.9 Å². The maximum atomic E-state index is 11.4. The number of rotatable bonds is 4. The van der Waals surface area contributed by atoms with Gasteiger partial charge in [-0.1, -0.05) is 23.7 Å². The molecule has 0 fully saturated rings. The van der Waals surface area contributed by atoms with E-state index in [4.69, 9.17) is 26.6 Å². The lowest BCUT2D eigenvalue weighted by atomic mass is 10.2. The highest BCUT2D eigenvalue weighted by Gasteiger charge is 2.14. The smallest absolute Gasteiger partial charge is 0.268 e. The van der Waals surface area contributed by atoms with Gasteiger partial charge in [-0.3, -0.25) is 10.2 Å². The summed E-state index contributed by atoms with van der Waals surface area (Å²) in [5.74, 6) is 5.54. The van der Waals surface area contributed by atoms with Crippen LogP contribution in [0.25, 0.3) is 0 Å². The minimum Gasteiger partial charge on any atom is -0.484 e. The summed E-state index contributed by atoms with van der Waals surface area (Å²) in [4.78, 5) is 11.4. The second kappa shape index (κ2) is 5.57. The summed E-state index contributed by atoms with van der Waals surface area (Å²) < 4.78 is 10.6. The SMILES string of the molecule is NNC(=O)c1ccoc1COc1ccccc1Cl. The molecule has 0 aliphatic carbocycles. The molecule has 0 saturated carbocycles. The number of nitrogens with two attached hydrogens (primary N) is 1. The van der Waals surface area contributed by atoms with Crippen LogP contribution in [0.15, 0.2) is 41.0 Å². The van der Waals surface area contributed by atoms with Crippen LogP contribution in [0.5, 0.6) is 5.75 Å². The molecule has 0 aliphatic rings. The summed E-state index contributed by atoms with van der Waals surface area (Å²) in [5, 5.41) is 0.494. The van der Waals surface area contributed by atoms with E-state index in [2.05, 4.69) is 0 Å². The van der Waals surface area contributed by atoms with E-state index < -0.39 is 5.91 Å². The number of halogens is 1. The number of benzene rings is 1. The second-order valence-corrected chi connectivity index (χ2v) is 3.86. The number of nitrogens with one attached hydrogen (secondary N) is 1. The molecule has 18 heavy (non-hydrogen) atoms. The number of hydrazine groups is 1.